The molecule has 0 bridgehead atoms. The van der Waals surface area contributed by atoms with Crippen LogP contribution in [0.1, 0.15) is 25.2 Å². The Bertz CT molecular complexity index is 345. The lowest BCUT2D eigenvalue weighted by molar-refractivity contribution is -0.202. The summed E-state index contributed by atoms with van der Waals surface area (Å²) in [6.07, 6.45) is 0.148. The summed E-state index contributed by atoms with van der Waals surface area (Å²) in [5, 5.41) is 0. The predicted octanol–water partition coefficient (Wildman–Crippen LogP) is 3.11. The number of hydrogen-bond acceptors (Lipinski definition) is 3. The SMILES string of the molecule is CC1COC(c2ccc(OCCCF)cc2)OC1. The van der Waals surface area contributed by atoms with Crippen LogP contribution in [0.3, 0.4) is 0 Å². The molecule has 0 radical (unpaired) electrons. The van der Waals surface area contributed by atoms with Crippen LogP contribution in [0.5, 0.6) is 5.75 Å². The van der Waals surface area contributed by atoms with E-state index in [1.165, 1.54) is 0 Å². The Kier molecular flexibility index (Phi) is 4.96. The molecule has 3 nitrogen and oxygen atoms in total. The van der Waals surface area contributed by atoms with Crippen LogP contribution in [-0.2, 0) is 9.47 Å². The van der Waals surface area contributed by atoms with Gasteiger partial charge in [0, 0.05) is 17.9 Å². The summed E-state index contributed by atoms with van der Waals surface area (Å²) < 4.78 is 28.5. The van der Waals surface area contributed by atoms with E-state index >= 15 is 0 Å². The number of alkyl halides is 1. The monoisotopic (exact) mass is 254 g/mol. The minimum absolute atomic E-state index is 0.277. The first-order valence-electron chi connectivity index (χ1n) is 6.31. The second-order valence-corrected chi connectivity index (χ2v) is 4.56. The van der Waals surface area contributed by atoms with Crippen molar-refractivity contribution in [1.82, 2.24) is 0 Å². The van der Waals surface area contributed by atoms with E-state index < -0.39 is 0 Å². The zero-order valence-corrected chi connectivity index (χ0v) is 10.6. The molecule has 0 atom stereocenters. The van der Waals surface area contributed by atoms with Gasteiger partial charge in [-0.1, -0.05) is 19.1 Å². The van der Waals surface area contributed by atoms with Crippen LogP contribution in [0, 0.1) is 5.92 Å². The lowest BCUT2D eigenvalue weighted by Crippen LogP contribution is -2.24. The van der Waals surface area contributed by atoms with Gasteiger partial charge in [0.2, 0.25) is 0 Å². The molecule has 0 unspecified atom stereocenters. The Morgan fingerprint density at radius 1 is 1.22 bits per heavy atom. The smallest absolute Gasteiger partial charge is 0.183 e. The Balaban J connectivity index is 1.87. The fraction of sp³-hybridized carbons (Fsp3) is 0.571. The third-order valence-corrected chi connectivity index (χ3v) is 2.76. The van der Waals surface area contributed by atoms with E-state index in [9.17, 15) is 4.39 Å². The van der Waals surface area contributed by atoms with Crippen molar-refractivity contribution < 1.29 is 18.6 Å². The maximum Gasteiger partial charge on any atom is 0.183 e. The molecule has 1 heterocycles. The summed E-state index contributed by atoms with van der Waals surface area (Å²) in [5.74, 6) is 1.20. The van der Waals surface area contributed by atoms with Crippen LogP contribution >= 0.6 is 0 Å². The van der Waals surface area contributed by atoms with Gasteiger partial charge >= 0.3 is 0 Å². The number of ether oxygens (including phenoxy) is 3. The van der Waals surface area contributed by atoms with Crippen molar-refractivity contribution >= 4 is 0 Å². The molecule has 1 aromatic carbocycles. The summed E-state index contributed by atoms with van der Waals surface area (Å²) >= 11 is 0. The van der Waals surface area contributed by atoms with Gasteiger partial charge in [-0.2, -0.15) is 0 Å². The number of halogens is 1. The highest BCUT2D eigenvalue weighted by atomic mass is 19.1. The molecule has 0 amide bonds. The number of rotatable bonds is 5. The third-order valence-electron chi connectivity index (χ3n) is 2.76. The molecular formula is C14H19FO3. The van der Waals surface area contributed by atoms with Crippen molar-refractivity contribution in [1.29, 1.82) is 0 Å². The third kappa shape index (κ3) is 3.68. The molecule has 4 heteroatoms. The average Bonchev–Trinajstić information content (AvgIpc) is 2.41. The quantitative estimate of drug-likeness (QED) is 0.756. The van der Waals surface area contributed by atoms with E-state index in [0.717, 1.165) is 24.5 Å². The maximum atomic E-state index is 11.9. The van der Waals surface area contributed by atoms with Crippen molar-refractivity contribution in [2.75, 3.05) is 26.5 Å². The summed E-state index contributed by atoms with van der Waals surface area (Å²) in [6.45, 7) is 3.60. The highest BCUT2D eigenvalue weighted by Gasteiger charge is 2.20. The molecule has 1 aliphatic heterocycles. The highest BCUT2D eigenvalue weighted by Crippen LogP contribution is 2.26. The molecule has 0 spiro atoms. The van der Waals surface area contributed by atoms with Gasteiger partial charge in [-0.15, -0.1) is 0 Å². The first-order valence-corrected chi connectivity index (χ1v) is 6.31. The summed E-state index contributed by atoms with van der Waals surface area (Å²) in [4.78, 5) is 0. The Hall–Kier alpha value is -1.13. The Morgan fingerprint density at radius 2 is 1.89 bits per heavy atom. The normalized spacial score (nSPS) is 23.9. The van der Waals surface area contributed by atoms with E-state index in [1.54, 1.807) is 0 Å². The van der Waals surface area contributed by atoms with Crippen LogP contribution < -0.4 is 4.74 Å². The molecule has 2 rings (SSSR count). The number of benzene rings is 1. The van der Waals surface area contributed by atoms with Crippen LogP contribution in [0.15, 0.2) is 24.3 Å². The molecular weight excluding hydrogens is 235 g/mol. The van der Waals surface area contributed by atoms with Crippen LogP contribution in [0.25, 0.3) is 0 Å². The van der Waals surface area contributed by atoms with Gasteiger partial charge in [0.1, 0.15) is 5.75 Å². The minimum atomic E-state index is -0.347. The average molecular weight is 254 g/mol. The second kappa shape index (κ2) is 6.71. The summed E-state index contributed by atoms with van der Waals surface area (Å²) in [7, 11) is 0. The Labute approximate surface area is 107 Å². The topological polar surface area (TPSA) is 27.7 Å². The molecule has 100 valence electrons. The van der Waals surface area contributed by atoms with Gasteiger partial charge in [-0.05, 0) is 12.1 Å². The molecule has 1 saturated heterocycles. The predicted molar refractivity (Wildman–Crippen MR) is 66.3 cm³/mol. The van der Waals surface area contributed by atoms with E-state index in [2.05, 4.69) is 6.92 Å². The lowest BCUT2D eigenvalue weighted by atomic mass is 10.1. The van der Waals surface area contributed by atoms with E-state index in [0.29, 0.717) is 18.9 Å². The molecule has 18 heavy (non-hydrogen) atoms. The number of hydrogen-bond donors (Lipinski definition) is 0. The zero-order valence-electron chi connectivity index (χ0n) is 10.6. The maximum absolute atomic E-state index is 11.9. The molecule has 1 fully saturated rings. The van der Waals surface area contributed by atoms with Crippen LogP contribution in [0.4, 0.5) is 4.39 Å². The van der Waals surface area contributed by atoms with E-state index in [1.807, 2.05) is 24.3 Å². The molecule has 1 aromatic rings. The molecule has 0 N–H and O–H groups in total. The van der Waals surface area contributed by atoms with E-state index in [4.69, 9.17) is 14.2 Å². The van der Waals surface area contributed by atoms with Crippen molar-refractivity contribution in [2.24, 2.45) is 5.92 Å². The standard InChI is InChI=1S/C14H19FO3/c1-11-9-17-14(18-10-11)12-3-5-13(6-4-12)16-8-2-7-15/h3-6,11,14H,2,7-10H2,1H3. The van der Waals surface area contributed by atoms with Gasteiger partial charge in [0.05, 0.1) is 26.5 Å². The summed E-state index contributed by atoms with van der Waals surface area (Å²) in [5.41, 5.74) is 0.986. The van der Waals surface area contributed by atoms with Gasteiger partial charge in [-0.3, -0.25) is 4.39 Å². The first kappa shape index (κ1) is 13.3. The van der Waals surface area contributed by atoms with Crippen LogP contribution in [-0.4, -0.2) is 26.5 Å². The van der Waals surface area contributed by atoms with Crippen LogP contribution in [0.2, 0.25) is 0 Å². The molecule has 0 aliphatic carbocycles. The first-order chi connectivity index (χ1) is 8.79. The molecule has 0 aromatic heterocycles. The highest BCUT2D eigenvalue weighted by molar-refractivity contribution is 5.28. The van der Waals surface area contributed by atoms with Crippen molar-refractivity contribution in [2.45, 2.75) is 19.6 Å². The van der Waals surface area contributed by atoms with Gasteiger partial charge in [-0.25, -0.2) is 0 Å². The minimum Gasteiger partial charge on any atom is -0.494 e. The van der Waals surface area contributed by atoms with Crippen molar-refractivity contribution in [3.8, 4) is 5.75 Å². The van der Waals surface area contributed by atoms with Crippen molar-refractivity contribution in [3.05, 3.63) is 29.8 Å². The lowest BCUT2D eigenvalue weighted by Gasteiger charge is -2.27. The van der Waals surface area contributed by atoms with Gasteiger partial charge in [0.25, 0.3) is 0 Å². The fourth-order valence-corrected chi connectivity index (χ4v) is 1.76. The summed E-state index contributed by atoms with van der Waals surface area (Å²) in [6, 6.07) is 7.56. The van der Waals surface area contributed by atoms with E-state index in [-0.39, 0.29) is 13.0 Å². The van der Waals surface area contributed by atoms with Crippen molar-refractivity contribution in [3.63, 3.8) is 0 Å². The molecule has 1 aliphatic rings. The largest absolute Gasteiger partial charge is 0.494 e. The Morgan fingerprint density at radius 3 is 2.50 bits per heavy atom. The second-order valence-electron chi connectivity index (χ2n) is 4.56. The zero-order chi connectivity index (χ0) is 12.8. The van der Waals surface area contributed by atoms with Gasteiger partial charge in [0.15, 0.2) is 6.29 Å². The van der Waals surface area contributed by atoms with Gasteiger partial charge < -0.3 is 14.2 Å². The molecule has 0 saturated carbocycles. The fourth-order valence-electron chi connectivity index (χ4n) is 1.76.